The van der Waals surface area contributed by atoms with Gasteiger partial charge in [-0.25, -0.2) is 4.98 Å². The zero-order valence-corrected chi connectivity index (χ0v) is 13.6. The van der Waals surface area contributed by atoms with Gasteiger partial charge in [0.15, 0.2) is 0 Å². The van der Waals surface area contributed by atoms with Crippen LogP contribution in [0.3, 0.4) is 0 Å². The van der Waals surface area contributed by atoms with E-state index in [1.165, 1.54) is 32.0 Å². The van der Waals surface area contributed by atoms with E-state index < -0.39 is 4.92 Å². The number of rotatable bonds is 5. The molecule has 1 unspecified atom stereocenters. The van der Waals surface area contributed by atoms with Gasteiger partial charge < -0.3 is 10.2 Å². The SMILES string of the molecule is Cc1c([N+](=O)[O-])cnc(NCC2CCN(C3CC3)C2)c1Br. The van der Waals surface area contributed by atoms with Crippen molar-refractivity contribution in [3.63, 3.8) is 0 Å². The Morgan fingerprint density at radius 2 is 2.29 bits per heavy atom. The Kier molecular flexibility index (Phi) is 4.12. The van der Waals surface area contributed by atoms with E-state index in [0.29, 0.717) is 21.8 Å². The molecule has 0 bridgehead atoms. The van der Waals surface area contributed by atoms with E-state index >= 15 is 0 Å². The van der Waals surface area contributed by atoms with E-state index in [1.54, 1.807) is 6.92 Å². The van der Waals surface area contributed by atoms with Crippen molar-refractivity contribution in [1.29, 1.82) is 0 Å². The topological polar surface area (TPSA) is 71.3 Å². The molecule has 7 heteroatoms. The lowest BCUT2D eigenvalue weighted by Gasteiger charge is -2.16. The highest BCUT2D eigenvalue weighted by molar-refractivity contribution is 9.10. The maximum absolute atomic E-state index is 10.9. The van der Waals surface area contributed by atoms with Gasteiger partial charge >= 0.3 is 0 Å². The molecule has 3 rings (SSSR count). The minimum absolute atomic E-state index is 0.0493. The molecule has 0 spiro atoms. The number of nitro groups is 1. The third-order valence-corrected chi connectivity index (χ3v) is 5.34. The monoisotopic (exact) mass is 354 g/mol. The average Bonchev–Trinajstić information content (AvgIpc) is 3.19. The van der Waals surface area contributed by atoms with Crippen LogP contribution in [0.15, 0.2) is 10.7 Å². The number of anilines is 1. The van der Waals surface area contributed by atoms with Gasteiger partial charge in [0.25, 0.3) is 5.69 Å². The average molecular weight is 355 g/mol. The quantitative estimate of drug-likeness (QED) is 0.650. The van der Waals surface area contributed by atoms with Crippen molar-refractivity contribution in [2.24, 2.45) is 5.92 Å². The predicted molar refractivity (Wildman–Crippen MR) is 84.5 cm³/mol. The van der Waals surface area contributed by atoms with Crippen molar-refractivity contribution in [1.82, 2.24) is 9.88 Å². The fourth-order valence-corrected chi connectivity index (χ4v) is 3.36. The van der Waals surface area contributed by atoms with Crippen LogP contribution in [0.1, 0.15) is 24.8 Å². The molecule has 0 aromatic carbocycles. The number of nitrogens with zero attached hydrogens (tertiary/aromatic N) is 3. The molecule has 1 aromatic heterocycles. The minimum Gasteiger partial charge on any atom is -0.369 e. The van der Waals surface area contributed by atoms with Gasteiger partial charge in [0.2, 0.25) is 0 Å². The standard InChI is InChI=1S/C14H19BrN4O2/c1-9-12(19(20)21)7-17-14(13(9)15)16-6-10-4-5-18(8-10)11-2-3-11/h7,10-11H,2-6,8H2,1H3,(H,16,17). The van der Waals surface area contributed by atoms with Crippen LogP contribution in [0, 0.1) is 23.0 Å². The van der Waals surface area contributed by atoms with Gasteiger partial charge in [-0.3, -0.25) is 10.1 Å². The zero-order chi connectivity index (χ0) is 15.0. The summed E-state index contributed by atoms with van der Waals surface area (Å²) in [6.07, 6.45) is 5.25. The van der Waals surface area contributed by atoms with E-state index in [2.05, 4.69) is 31.1 Å². The molecular weight excluding hydrogens is 336 g/mol. The lowest BCUT2D eigenvalue weighted by Crippen LogP contribution is -2.25. The lowest BCUT2D eigenvalue weighted by molar-refractivity contribution is -0.385. The number of aromatic nitrogens is 1. The van der Waals surface area contributed by atoms with Crippen LogP contribution in [0.4, 0.5) is 11.5 Å². The van der Waals surface area contributed by atoms with Gasteiger partial charge in [0, 0.05) is 24.7 Å². The summed E-state index contributed by atoms with van der Waals surface area (Å²) in [5.41, 5.74) is 0.664. The van der Waals surface area contributed by atoms with E-state index in [-0.39, 0.29) is 5.69 Å². The zero-order valence-electron chi connectivity index (χ0n) is 12.0. The fraction of sp³-hybridized carbons (Fsp3) is 0.643. The molecule has 1 saturated heterocycles. The first-order valence-electron chi connectivity index (χ1n) is 7.33. The molecule has 114 valence electrons. The third-order valence-electron chi connectivity index (χ3n) is 4.37. The van der Waals surface area contributed by atoms with E-state index in [0.717, 1.165) is 19.1 Å². The van der Waals surface area contributed by atoms with E-state index in [9.17, 15) is 10.1 Å². The first-order chi connectivity index (χ1) is 10.1. The van der Waals surface area contributed by atoms with Crippen molar-refractivity contribution >= 4 is 27.4 Å². The largest absolute Gasteiger partial charge is 0.369 e. The van der Waals surface area contributed by atoms with Gasteiger partial charge in [-0.05, 0) is 54.6 Å². The summed E-state index contributed by atoms with van der Waals surface area (Å²) in [6.45, 7) is 4.96. The molecule has 1 aliphatic heterocycles. The number of likely N-dealkylation sites (tertiary alicyclic amines) is 1. The highest BCUT2D eigenvalue weighted by Crippen LogP contribution is 2.33. The molecule has 1 saturated carbocycles. The van der Waals surface area contributed by atoms with Crippen molar-refractivity contribution in [3.05, 3.63) is 26.3 Å². The molecule has 2 heterocycles. The highest BCUT2D eigenvalue weighted by atomic mass is 79.9. The lowest BCUT2D eigenvalue weighted by atomic mass is 10.1. The van der Waals surface area contributed by atoms with Gasteiger partial charge in [-0.15, -0.1) is 0 Å². The Labute approximate surface area is 132 Å². The summed E-state index contributed by atoms with van der Waals surface area (Å²) < 4.78 is 0.689. The Morgan fingerprint density at radius 1 is 1.52 bits per heavy atom. The summed E-state index contributed by atoms with van der Waals surface area (Å²) in [6, 6.07) is 0.835. The molecular formula is C14H19BrN4O2. The Morgan fingerprint density at radius 3 is 2.95 bits per heavy atom. The molecule has 0 amide bonds. The molecule has 1 aromatic rings. The van der Waals surface area contributed by atoms with Crippen LogP contribution in [-0.4, -0.2) is 40.5 Å². The Balaban J connectivity index is 1.60. The Bertz CT molecular complexity index is 562. The van der Waals surface area contributed by atoms with Gasteiger partial charge in [0.1, 0.15) is 12.0 Å². The van der Waals surface area contributed by atoms with Crippen LogP contribution in [0.5, 0.6) is 0 Å². The first-order valence-corrected chi connectivity index (χ1v) is 8.13. The minimum atomic E-state index is -0.401. The first kappa shape index (κ1) is 14.7. The predicted octanol–water partition coefficient (Wildman–Crippen LogP) is 2.96. The van der Waals surface area contributed by atoms with Crippen LogP contribution < -0.4 is 5.32 Å². The van der Waals surface area contributed by atoms with Gasteiger partial charge in [-0.2, -0.15) is 0 Å². The maximum Gasteiger partial charge on any atom is 0.291 e. The molecule has 1 atom stereocenters. The van der Waals surface area contributed by atoms with Crippen molar-refractivity contribution in [2.75, 3.05) is 25.0 Å². The summed E-state index contributed by atoms with van der Waals surface area (Å²) in [7, 11) is 0. The molecule has 2 aliphatic rings. The summed E-state index contributed by atoms with van der Waals surface area (Å²) in [5.74, 6) is 1.33. The number of nitrogens with one attached hydrogen (secondary N) is 1. The third kappa shape index (κ3) is 3.18. The van der Waals surface area contributed by atoms with Crippen LogP contribution in [0.25, 0.3) is 0 Å². The fourth-order valence-electron chi connectivity index (χ4n) is 2.92. The number of hydrogen-bond acceptors (Lipinski definition) is 5. The smallest absolute Gasteiger partial charge is 0.291 e. The van der Waals surface area contributed by atoms with Gasteiger partial charge in [0.05, 0.1) is 9.40 Å². The summed E-state index contributed by atoms with van der Waals surface area (Å²) in [5, 5.41) is 14.2. The molecule has 21 heavy (non-hydrogen) atoms. The van der Waals surface area contributed by atoms with Crippen LogP contribution in [0.2, 0.25) is 0 Å². The van der Waals surface area contributed by atoms with E-state index in [4.69, 9.17) is 0 Å². The van der Waals surface area contributed by atoms with Crippen molar-refractivity contribution < 1.29 is 4.92 Å². The number of hydrogen-bond donors (Lipinski definition) is 1. The molecule has 0 radical (unpaired) electrons. The summed E-state index contributed by atoms with van der Waals surface area (Å²) in [4.78, 5) is 17.2. The molecule has 1 aliphatic carbocycles. The molecule has 6 nitrogen and oxygen atoms in total. The molecule has 2 fully saturated rings. The normalized spacial score (nSPS) is 22.5. The second-order valence-corrected chi connectivity index (χ2v) is 6.74. The van der Waals surface area contributed by atoms with Gasteiger partial charge in [-0.1, -0.05) is 0 Å². The second kappa shape index (κ2) is 5.88. The number of pyridine rings is 1. The Hall–Kier alpha value is -1.21. The second-order valence-electron chi connectivity index (χ2n) is 5.95. The van der Waals surface area contributed by atoms with Crippen molar-refractivity contribution in [2.45, 2.75) is 32.2 Å². The molecule has 1 N–H and O–H groups in total. The maximum atomic E-state index is 10.9. The number of halogens is 1. The van der Waals surface area contributed by atoms with E-state index in [1.807, 2.05) is 0 Å². The summed E-state index contributed by atoms with van der Waals surface area (Å²) >= 11 is 3.41. The van der Waals surface area contributed by atoms with Crippen LogP contribution in [-0.2, 0) is 0 Å². The van der Waals surface area contributed by atoms with Crippen molar-refractivity contribution in [3.8, 4) is 0 Å². The van der Waals surface area contributed by atoms with Crippen LogP contribution >= 0.6 is 15.9 Å². The highest BCUT2D eigenvalue weighted by Gasteiger charge is 2.34.